The van der Waals surface area contributed by atoms with Gasteiger partial charge in [0.15, 0.2) is 5.78 Å². The van der Waals surface area contributed by atoms with Gasteiger partial charge >= 0.3 is 0 Å². The Morgan fingerprint density at radius 1 is 1.16 bits per heavy atom. The van der Waals surface area contributed by atoms with Crippen LogP contribution in [0.2, 0.25) is 0 Å². The lowest BCUT2D eigenvalue weighted by Gasteiger charge is -2.52. The van der Waals surface area contributed by atoms with Crippen molar-refractivity contribution in [3.63, 3.8) is 0 Å². The normalized spacial score (nSPS) is 35.0. The van der Waals surface area contributed by atoms with Gasteiger partial charge in [-0.15, -0.1) is 0 Å². The summed E-state index contributed by atoms with van der Waals surface area (Å²) in [6.07, 6.45) is 5.12. The third-order valence-corrected chi connectivity index (χ3v) is 9.20. The largest absolute Gasteiger partial charge is 0.510 e. The van der Waals surface area contributed by atoms with Crippen molar-refractivity contribution in [1.82, 2.24) is 9.80 Å². The van der Waals surface area contributed by atoms with E-state index in [2.05, 4.69) is 30.9 Å². The molecule has 1 saturated carbocycles. The van der Waals surface area contributed by atoms with Crippen molar-refractivity contribution in [1.29, 1.82) is 0 Å². The van der Waals surface area contributed by atoms with Crippen molar-refractivity contribution in [2.24, 2.45) is 23.5 Å². The number of allylic oxidation sites excluding steroid dienone is 1. The first-order valence-electron chi connectivity index (χ1n) is 13.1. The Morgan fingerprint density at radius 3 is 2.37 bits per heavy atom. The summed E-state index contributed by atoms with van der Waals surface area (Å²) >= 11 is 0. The van der Waals surface area contributed by atoms with Crippen LogP contribution in [0.1, 0.15) is 43.9 Å². The molecule has 0 radical (unpaired) electrons. The van der Waals surface area contributed by atoms with Crippen LogP contribution in [0, 0.1) is 17.8 Å². The van der Waals surface area contributed by atoms with Crippen LogP contribution in [-0.2, 0) is 22.6 Å². The number of phenolic OH excluding ortho intramolecular Hbond substituents is 1. The molecule has 6 unspecified atom stereocenters. The average Bonchev–Trinajstić information content (AvgIpc) is 3.11. The maximum atomic E-state index is 14.1. The molecule has 9 heteroatoms. The van der Waals surface area contributed by atoms with Crippen LogP contribution in [0.4, 0.5) is 0 Å². The first-order chi connectivity index (χ1) is 17.8. The number of nitrogens with zero attached hydrogens (tertiary/aromatic N) is 2. The number of primary amides is 1. The minimum Gasteiger partial charge on any atom is -0.510 e. The maximum Gasteiger partial charge on any atom is 0.251 e. The number of amides is 1. The molecule has 0 bridgehead atoms. The van der Waals surface area contributed by atoms with Crippen LogP contribution in [0.25, 0.3) is 5.76 Å². The van der Waals surface area contributed by atoms with Crippen molar-refractivity contribution in [3.8, 4) is 5.75 Å². The first-order valence-corrected chi connectivity index (χ1v) is 13.1. The number of nitrogens with two attached hydrogens (primary N) is 1. The monoisotopic (exact) mass is 523 g/mol. The van der Waals surface area contributed by atoms with Gasteiger partial charge in [0, 0.05) is 24.2 Å². The highest BCUT2D eigenvalue weighted by molar-refractivity contribution is 6.08. The number of ketones is 1. The Bertz CT molecular complexity index is 1300. The third-order valence-electron chi connectivity index (χ3n) is 9.20. The van der Waals surface area contributed by atoms with E-state index in [9.17, 15) is 30.0 Å². The van der Waals surface area contributed by atoms with Crippen LogP contribution < -0.4 is 5.73 Å². The van der Waals surface area contributed by atoms with Crippen molar-refractivity contribution in [2.45, 2.75) is 63.9 Å². The van der Waals surface area contributed by atoms with Gasteiger partial charge in [-0.2, -0.15) is 0 Å². The standard InChI is InChI=1S/C29H37N3O6/c1-13-6-7-14(2)32(13)12-15-8-9-19(33)21-17(15)10-16-11-18-22(26(35)20(16)25(21)34)29(3,38)23(28(30)37)27(36)24(18)31(4)5/h6-9,13-14,16,18,22,24,33-34,36,38H,10-12H2,1-5H3,(H2,30,37)/t13?,14?,16?,18?,22?,24-,29?/m0/s1. The molecule has 6 N–H and O–H groups in total. The van der Waals surface area contributed by atoms with Gasteiger partial charge in [-0.25, -0.2) is 0 Å². The molecule has 1 amide bonds. The van der Waals surface area contributed by atoms with Gasteiger partial charge in [-0.05, 0) is 76.7 Å². The van der Waals surface area contributed by atoms with Gasteiger partial charge in [0.05, 0.1) is 23.1 Å². The zero-order valence-corrected chi connectivity index (χ0v) is 22.5. The van der Waals surface area contributed by atoms with Crippen LogP contribution in [0.15, 0.2) is 41.2 Å². The van der Waals surface area contributed by atoms with E-state index in [1.807, 2.05) is 6.07 Å². The van der Waals surface area contributed by atoms with E-state index in [0.29, 0.717) is 19.4 Å². The molecule has 204 valence electrons. The molecule has 38 heavy (non-hydrogen) atoms. The molecule has 1 aromatic carbocycles. The number of likely N-dealkylation sites (N-methyl/N-ethyl adjacent to an activating group) is 1. The minimum atomic E-state index is -2.03. The lowest BCUT2D eigenvalue weighted by atomic mass is 9.55. The smallest absolute Gasteiger partial charge is 0.251 e. The van der Waals surface area contributed by atoms with Crippen LogP contribution in [0.5, 0.6) is 5.75 Å². The predicted molar refractivity (Wildman–Crippen MR) is 142 cm³/mol. The van der Waals surface area contributed by atoms with E-state index in [4.69, 9.17) is 5.73 Å². The highest BCUT2D eigenvalue weighted by Gasteiger charge is 2.60. The molecule has 0 saturated heterocycles. The molecular weight excluding hydrogens is 486 g/mol. The second kappa shape index (κ2) is 8.97. The highest BCUT2D eigenvalue weighted by Crippen LogP contribution is 2.54. The molecule has 1 aromatic rings. The maximum absolute atomic E-state index is 14.1. The van der Waals surface area contributed by atoms with E-state index in [0.717, 1.165) is 11.1 Å². The van der Waals surface area contributed by atoms with E-state index in [1.165, 1.54) is 6.92 Å². The molecule has 0 aromatic heterocycles. The molecule has 1 fully saturated rings. The molecule has 1 aliphatic heterocycles. The number of phenols is 1. The zero-order valence-electron chi connectivity index (χ0n) is 22.5. The quantitative estimate of drug-likeness (QED) is 0.377. The fourth-order valence-electron chi connectivity index (χ4n) is 7.50. The number of hydrogen-bond donors (Lipinski definition) is 5. The van der Waals surface area contributed by atoms with Gasteiger partial charge in [0.2, 0.25) is 0 Å². The molecule has 4 aliphatic rings. The Hall–Kier alpha value is -3.14. The van der Waals surface area contributed by atoms with Crippen molar-refractivity contribution in [3.05, 3.63) is 57.9 Å². The molecule has 9 nitrogen and oxygen atoms in total. The number of rotatable bonds is 4. The van der Waals surface area contributed by atoms with Crippen LogP contribution >= 0.6 is 0 Å². The highest BCUT2D eigenvalue weighted by atomic mass is 16.3. The average molecular weight is 524 g/mol. The summed E-state index contributed by atoms with van der Waals surface area (Å²) in [6.45, 7) is 6.19. The number of benzene rings is 1. The summed E-state index contributed by atoms with van der Waals surface area (Å²) in [5, 5.41) is 44.9. The van der Waals surface area contributed by atoms with Crippen molar-refractivity contribution >= 4 is 17.4 Å². The number of hydrogen-bond acceptors (Lipinski definition) is 8. The summed E-state index contributed by atoms with van der Waals surface area (Å²) in [7, 11) is 3.48. The lowest BCUT2D eigenvalue weighted by molar-refractivity contribution is -0.139. The van der Waals surface area contributed by atoms with E-state index >= 15 is 0 Å². The van der Waals surface area contributed by atoms with E-state index < -0.39 is 35.2 Å². The minimum absolute atomic E-state index is 0.111. The zero-order chi connectivity index (χ0) is 27.8. The van der Waals surface area contributed by atoms with Gasteiger partial charge in [0.25, 0.3) is 5.91 Å². The molecule has 0 spiro atoms. The number of aromatic hydroxyl groups is 1. The topological polar surface area (TPSA) is 148 Å². The fourth-order valence-corrected chi connectivity index (χ4v) is 7.50. The van der Waals surface area contributed by atoms with Crippen LogP contribution in [-0.4, -0.2) is 79.7 Å². The molecule has 1 heterocycles. The summed E-state index contributed by atoms with van der Waals surface area (Å²) in [4.78, 5) is 30.5. The van der Waals surface area contributed by atoms with Gasteiger partial charge < -0.3 is 26.2 Å². The number of aliphatic hydroxyl groups is 3. The summed E-state index contributed by atoms with van der Waals surface area (Å²) < 4.78 is 0. The van der Waals surface area contributed by atoms with E-state index in [-0.39, 0.29) is 52.0 Å². The Morgan fingerprint density at radius 2 is 1.79 bits per heavy atom. The summed E-state index contributed by atoms with van der Waals surface area (Å²) in [6, 6.07) is 3.20. The van der Waals surface area contributed by atoms with Gasteiger partial charge in [0.1, 0.15) is 22.9 Å². The summed E-state index contributed by atoms with van der Waals surface area (Å²) in [5.74, 6) is -4.22. The van der Waals surface area contributed by atoms with Crippen molar-refractivity contribution in [2.75, 3.05) is 14.1 Å². The Balaban J connectivity index is 1.63. The summed E-state index contributed by atoms with van der Waals surface area (Å²) in [5.41, 5.74) is 5.33. The van der Waals surface area contributed by atoms with E-state index in [1.54, 1.807) is 25.1 Å². The first kappa shape index (κ1) is 26.5. The number of aliphatic hydroxyl groups excluding tert-OH is 2. The van der Waals surface area contributed by atoms with Gasteiger partial charge in [-0.1, -0.05) is 18.2 Å². The lowest BCUT2D eigenvalue weighted by Crippen LogP contribution is -2.61. The molecule has 5 rings (SSSR count). The van der Waals surface area contributed by atoms with Crippen molar-refractivity contribution < 1.29 is 30.0 Å². The third kappa shape index (κ3) is 3.71. The molecule has 7 atom stereocenters. The predicted octanol–water partition coefficient (Wildman–Crippen LogP) is 2.18. The number of carbonyl (C=O) groups is 2. The number of carbonyl (C=O) groups excluding carboxylic acids is 2. The molecule has 3 aliphatic carbocycles. The SMILES string of the molecule is CC1C=CC(C)N1Cc1ccc(O)c2c1CC1CC3C(C(=O)C1=C2O)C(C)(O)C(C(N)=O)=C(O)[C@H]3N(C)C. The van der Waals surface area contributed by atoms with Crippen LogP contribution in [0.3, 0.4) is 0 Å². The Kier molecular flexibility index (Phi) is 6.24. The molecular formula is C29H37N3O6. The van der Waals surface area contributed by atoms with Gasteiger partial charge in [-0.3, -0.25) is 19.4 Å². The fraction of sp³-hybridized carbons (Fsp3) is 0.517. The second-order valence-electron chi connectivity index (χ2n) is 11.7. The number of Topliss-reactive ketones (excluding diaryl/α,β-unsaturated/α-hetero) is 1. The second-order valence-corrected chi connectivity index (χ2v) is 11.7. The number of fused-ring (bicyclic) bond motifs is 3. The Labute approximate surface area is 222 Å².